The van der Waals surface area contributed by atoms with Gasteiger partial charge in [0.25, 0.3) is 0 Å². The zero-order valence-corrected chi connectivity index (χ0v) is 9.02. The second-order valence-electron chi connectivity index (χ2n) is 2.45. The number of ether oxygens (including phenoxy) is 1. The van der Waals surface area contributed by atoms with Crippen LogP contribution in [0, 0.1) is 3.57 Å². The second kappa shape index (κ2) is 5.06. The van der Waals surface area contributed by atoms with Gasteiger partial charge in [0, 0.05) is 3.57 Å². The van der Waals surface area contributed by atoms with Gasteiger partial charge in [0.1, 0.15) is 5.75 Å². The quantitative estimate of drug-likeness (QED) is 0.865. The standard InChI is InChI=1S/C9H9IO3/c10-7-1-3-8(4-2-7)13-6-5-9(11)12/h1-4H,5-6H2,(H,11,12). The zero-order valence-electron chi connectivity index (χ0n) is 6.87. The number of rotatable bonds is 4. The zero-order chi connectivity index (χ0) is 9.68. The van der Waals surface area contributed by atoms with Crippen LogP contribution in [0.3, 0.4) is 0 Å². The lowest BCUT2D eigenvalue weighted by Crippen LogP contribution is -2.04. The van der Waals surface area contributed by atoms with Crippen molar-refractivity contribution in [2.24, 2.45) is 0 Å². The molecule has 0 amide bonds. The maximum atomic E-state index is 10.2. The highest BCUT2D eigenvalue weighted by Gasteiger charge is 1.97. The molecule has 0 spiro atoms. The van der Waals surface area contributed by atoms with E-state index in [-0.39, 0.29) is 13.0 Å². The van der Waals surface area contributed by atoms with Crippen molar-refractivity contribution >= 4 is 28.6 Å². The molecule has 70 valence electrons. The van der Waals surface area contributed by atoms with E-state index >= 15 is 0 Å². The Balaban J connectivity index is 2.37. The number of benzene rings is 1. The lowest BCUT2D eigenvalue weighted by atomic mass is 10.3. The van der Waals surface area contributed by atoms with Crippen LogP contribution < -0.4 is 4.74 Å². The van der Waals surface area contributed by atoms with Gasteiger partial charge in [-0.1, -0.05) is 0 Å². The number of carboxylic acids is 1. The summed E-state index contributed by atoms with van der Waals surface area (Å²) in [7, 11) is 0. The number of aliphatic carboxylic acids is 1. The van der Waals surface area contributed by atoms with Crippen molar-refractivity contribution in [1.29, 1.82) is 0 Å². The van der Waals surface area contributed by atoms with Gasteiger partial charge in [0.2, 0.25) is 0 Å². The highest BCUT2D eigenvalue weighted by atomic mass is 127. The smallest absolute Gasteiger partial charge is 0.306 e. The summed E-state index contributed by atoms with van der Waals surface area (Å²) in [6.07, 6.45) is 0.0337. The van der Waals surface area contributed by atoms with Gasteiger partial charge in [-0.3, -0.25) is 4.79 Å². The molecular weight excluding hydrogens is 283 g/mol. The molecule has 1 rings (SSSR count). The molecule has 0 aliphatic heterocycles. The molecule has 0 unspecified atom stereocenters. The molecule has 13 heavy (non-hydrogen) atoms. The molecule has 3 nitrogen and oxygen atoms in total. The molecule has 0 bridgehead atoms. The number of hydrogen-bond acceptors (Lipinski definition) is 2. The summed E-state index contributed by atoms with van der Waals surface area (Å²) >= 11 is 2.20. The third kappa shape index (κ3) is 4.12. The topological polar surface area (TPSA) is 46.5 Å². The van der Waals surface area contributed by atoms with Gasteiger partial charge in [-0.2, -0.15) is 0 Å². The van der Waals surface area contributed by atoms with Crippen LogP contribution in [-0.2, 0) is 4.79 Å². The van der Waals surface area contributed by atoms with E-state index in [0.29, 0.717) is 5.75 Å². The van der Waals surface area contributed by atoms with Gasteiger partial charge >= 0.3 is 5.97 Å². The fraction of sp³-hybridized carbons (Fsp3) is 0.222. The average Bonchev–Trinajstić information content (AvgIpc) is 2.08. The lowest BCUT2D eigenvalue weighted by Gasteiger charge is -2.03. The molecule has 0 saturated heterocycles. The third-order valence-electron chi connectivity index (χ3n) is 1.40. The molecule has 0 fully saturated rings. The summed E-state index contributed by atoms with van der Waals surface area (Å²) in [4.78, 5) is 10.2. The monoisotopic (exact) mass is 292 g/mol. The minimum absolute atomic E-state index is 0.0337. The molecule has 4 heteroatoms. The predicted octanol–water partition coefficient (Wildman–Crippen LogP) is 2.14. The molecule has 1 aromatic rings. The Labute approximate surface area is 89.9 Å². The molecule has 0 aromatic heterocycles. The Bertz CT molecular complexity index is 281. The number of halogens is 1. The molecule has 0 aliphatic carbocycles. The van der Waals surface area contributed by atoms with Gasteiger partial charge in [0.05, 0.1) is 13.0 Å². The van der Waals surface area contributed by atoms with Gasteiger partial charge in [-0.15, -0.1) is 0 Å². The minimum atomic E-state index is -0.842. The SMILES string of the molecule is O=C(O)CCOc1ccc(I)cc1. The van der Waals surface area contributed by atoms with Crippen LogP contribution in [0.25, 0.3) is 0 Å². The van der Waals surface area contributed by atoms with Crippen molar-refractivity contribution in [1.82, 2.24) is 0 Å². The molecule has 0 heterocycles. The van der Waals surface area contributed by atoms with E-state index in [1.54, 1.807) is 0 Å². The van der Waals surface area contributed by atoms with Crippen LogP contribution in [-0.4, -0.2) is 17.7 Å². The first-order valence-electron chi connectivity index (χ1n) is 3.78. The van der Waals surface area contributed by atoms with E-state index in [0.717, 1.165) is 3.57 Å². The summed E-state index contributed by atoms with van der Waals surface area (Å²) < 4.78 is 6.32. The molecule has 0 atom stereocenters. The fourth-order valence-electron chi connectivity index (χ4n) is 0.787. The van der Waals surface area contributed by atoms with Crippen molar-refractivity contribution in [3.05, 3.63) is 27.8 Å². The van der Waals surface area contributed by atoms with Crippen LogP contribution in [0.5, 0.6) is 5.75 Å². The van der Waals surface area contributed by atoms with Gasteiger partial charge < -0.3 is 9.84 Å². The summed E-state index contributed by atoms with van der Waals surface area (Å²) in [6, 6.07) is 7.47. The van der Waals surface area contributed by atoms with E-state index in [9.17, 15) is 4.79 Å². The molecular formula is C9H9IO3. The number of hydrogen-bond donors (Lipinski definition) is 1. The van der Waals surface area contributed by atoms with Crippen LogP contribution in [0.15, 0.2) is 24.3 Å². The van der Waals surface area contributed by atoms with Crippen LogP contribution in [0.2, 0.25) is 0 Å². The van der Waals surface area contributed by atoms with Crippen molar-refractivity contribution in [2.75, 3.05) is 6.61 Å². The van der Waals surface area contributed by atoms with E-state index in [1.165, 1.54) is 0 Å². The van der Waals surface area contributed by atoms with Crippen molar-refractivity contribution in [3.8, 4) is 5.75 Å². The Morgan fingerprint density at radius 3 is 2.54 bits per heavy atom. The van der Waals surface area contributed by atoms with E-state index in [1.807, 2.05) is 24.3 Å². The summed E-state index contributed by atoms with van der Waals surface area (Å²) in [6.45, 7) is 0.218. The fourth-order valence-corrected chi connectivity index (χ4v) is 1.15. The largest absolute Gasteiger partial charge is 0.493 e. The highest BCUT2D eigenvalue weighted by Crippen LogP contribution is 2.13. The maximum absolute atomic E-state index is 10.2. The summed E-state index contributed by atoms with van der Waals surface area (Å²) in [5, 5.41) is 8.35. The maximum Gasteiger partial charge on any atom is 0.306 e. The Morgan fingerprint density at radius 1 is 1.38 bits per heavy atom. The van der Waals surface area contributed by atoms with Crippen molar-refractivity contribution < 1.29 is 14.6 Å². The Kier molecular flexibility index (Phi) is 4.01. The second-order valence-corrected chi connectivity index (χ2v) is 3.69. The first-order chi connectivity index (χ1) is 6.18. The number of carboxylic acid groups (broad SMARTS) is 1. The average molecular weight is 292 g/mol. The Hall–Kier alpha value is -0.780. The third-order valence-corrected chi connectivity index (χ3v) is 2.12. The van der Waals surface area contributed by atoms with Crippen LogP contribution >= 0.6 is 22.6 Å². The Morgan fingerprint density at radius 2 is 2.00 bits per heavy atom. The lowest BCUT2D eigenvalue weighted by molar-refractivity contribution is -0.137. The molecule has 0 radical (unpaired) electrons. The minimum Gasteiger partial charge on any atom is -0.493 e. The normalized spacial score (nSPS) is 9.62. The molecule has 1 N–H and O–H groups in total. The number of carbonyl (C=O) groups is 1. The molecule has 1 aromatic carbocycles. The summed E-state index contributed by atoms with van der Waals surface area (Å²) in [5.74, 6) is -0.132. The first kappa shape index (κ1) is 10.3. The molecule has 0 saturated carbocycles. The first-order valence-corrected chi connectivity index (χ1v) is 4.86. The predicted molar refractivity (Wildman–Crippen MR) is 56.9 cm³/mol. The van der Waals surface area contributed by atoms with E-state index in [2.05, 4.69) is 22.6 Å². The van der Waals surface area contributed by atoms with Crippen LogP contribution in [0.4, 0.5) is 0 Å². The van der Waals surface area contributed by atoms with Gasteiger partial charge in [0.15, 0.2) is 0 Å². The van der Waals surface area contributed by atoms with Crippen molar-refractivity contribution in [2.45, 2.75) is 6.42 Å². The summed E-state index contributed by atoms with van der Waals surface area (Å²) in [5.41, 5.74) is 0. The van der Waals surface area contributed by atoms with Crippen molar-refractivity contribution in [3.63, 3.8) is 0 Å². The molecule has 0 aliphatic rings. The highest BCUT2D eigenvalue weighted by molar-refractivity contribution is 14.1. The van der Waals surface area contributed by atoms with E-state index in [4.69, 9.17) is 9.84 Å². The van der Waals surface area contributed by atoms with Gasteiger partial charge in [-0.05, 0) is 46.9 Å². The van der Waals surface area contributed by atoms with E-state index < -0.39 is 5.97 Å². The van der Waals surface area contributed by atoms with Crippen LogP contribution in [0.1, 0.15) is 6.42 Å². The van der Waals surface area contributed by atoms with Gasteiger partial charge in [-0.25, -0.2) is 0 Å².